The second kappa shape index (κ2) is 4.81. The molecule has 3 rings (SSSR count). The van der Waals surface area contributed by atoms with Crippen LogP contribution in [0.3, 0.4) is 0 Å². The maximum atomic E-state index is 13.4. The van der Waals surface area contributed by atoms with Crippen LogP contribution in [0.4, 0.5) is 8.78 Å². The van der Waals surface area contributed by atoms with Gasteiger partial charge in [-0.2, -0.15) is 0 Å². The van der Waals surface area contributed by atoms with Crippen LogP contribution in [0.5, 0.6) is 0 Å². The van der Waals surface area contributed by atoms with Crippen LogP contribution in [-0.4, -0.2) is 35.7 Å². The maximum absolute atomic E-state index is 13.4. The Bertz CT molecular complexity index is 530. The van der Waals surface area contributed by atoms with Crippen LogP contribution in [0.2, 0.25) is 0 Å². The quantitative estimate of drug-likeness (QED) is 0.850. The van der Waals surface area contributed by atoms with Gasteiger partial charge in [0, 0.05) is 13.1 Å². The molecule has 0 bridgehead atoms. The van der Waals surface area contributed by atoms with Gasteiger partial charge in [0.05, 0.1) is 11.5 Å². The zero-order valence-electron chi connectivity index (χ0n) is 11.5. The van der Waals surface area contributed by atoms with Gasteiger partial charge in [0.1, 0.15) is 12.5 Å². The molecule has 2 fully saturated rings. The van der Waals surface area contributed by atoms with Gasteiger partial charge in [-0.05, 0) is 30.5 Å². The zero-order valence-corrected chi connectivity index (χ0v) is 11.5. The van der Waals surface area contributed by atoms with Crippen molar-refractivity contribution >= 4 is 5.91 Å². The number of hydrazine groups is 1. The predicted octanol–water partition coefficient (Wildman–Crippen LogP) is 2.70. The zero-order chi connectivity index (χ0) is 14.3. The van der Waals surface area contributed by atoms with Crippen molar-refractivity contribution in [2.24, 2.45) is 5.41 Å². The molecule has 2 aliphatic rings. The molecule has 1 aromatic rings. The van der Waals surface area contributed by atoms with Crippen LogP contribution in [0.1, 0.15) is 31.4 Å². The van der Waals surface area contributed by atoms with Gasteiger partial charge in [-0.25, -0.2) is 13.8 Å². The summed E-state index contributed by atoms with van der Waals surface area (Å²) in [5, 5.41) is 3.57. The summed E-state index contributed by atoms with van der Waals surface area (Å²) in [6.07, 6.45) is 1.26. The van der Waals surface area contributed by atoms with E-state index >= 15 is 0 Å². The number of benzene rings is 1. The Morgan fingerprint density at radius 2 is 2.25 bits per heavy atom. The van der Waals surface area contributed by atoms with Crippen LogP contribution >= 0.6 is 0 Å². The first kappa shape index (κ1) is 13.5. The number of hydrogen-bond acceptors (Lipinski definition) is 2. The predicted molar refractivity (Wildman–Crippen MR) is 70.9 cm³/mol. The van der Waals surface area contributed by atoms with E-state index in [2.05, 4.69) is 0 Å². The van der Waals surface area contributed by atoms with Gasteiger partial charge >= 0.3 is 0 Å². The first-order valence-electron chi connectivity index (χ1n) is 7.01. The van der Waals surface area contributed by atoms with Crippen LogP contribution in [0.15, 0.2) is 24.3 Å². The van der Waals surface area contributed by atoms with Crippen LogP contribution in [0, 0.1) is 11.2 Å². The molecular formula is C15H18F2N2O. The van der Waals surface area contributed by atoms with Gasteiger partial charge in [0.2, 0.25) is 5.91 Å². The number of hydrogen-bond donors (Lipinski definition) is 0. The molecule has 0 N–H and O–H groups in total. The molecule has 0 aliphatic carbocycles. The molecule has 0 spiro atoms. The number of alkyl halides is 1. The lowest BCUT2D eigenvalue weighted by Crippen LogP contribution is -2.38. The molecule has 1 aromatic carbocycles. The van der Waals surface area contributed by atoms with Crippen molar-refractivity contribution in [2.45, 2.75) is 25.8 Å². The Balaban J connectivity index is 1.92. The second-order valence-corrected chi connectivity index (χ2v) is 5.66. The van der Waals surface area contributed by atoms with Crippen molar-refractivity contribution in [1.82, 2.24) is 10.0 Å². The maximum Gasteiger partial charge on any atom is 0.247 e. The Hall–Kier alpha value is -1.49. The monoisotopic (exact) mass is 280 g/mol. The van der Waals surface area contributed by atoms with Crippen LogP contribution < -0.4 is 0 Å². The van der Waals surface area contributed by atoms with Crippen molar-refractivity contribution in [3.63, 3.8) is 0 Å². The van der Waals surface area contributed by atoms with E-state index in [1.165, 1.54) is 12.1 Å². The molecule has 0 radical (unpaired) electrons. The lowest BCUT2D eigenvalue weighted by atomic mass is 9.86. The van der Waals surface area contributed by atoms with Crippen molar-refractivity contribution < 1.29 is 13.6 Å². The first-order valence-corrected chi connectivity index (χ1v) is 7.01. The Morgan fingerprint density at radius 3 is 2.90 bits per heavy atom. The summed E-state index contributed by atoms with van der Waals surface area (Å²) in [6.45, 7) is 2.36. The van der Waals surface area contributed by atoms with E-state index in [-0.39, 0.29) is 17.8 Å². The summed E-state index contributed by atoms with van der Waals surface area (Å²) in [5.41, 5.74) is -0.127. The summed E-state index contributed by atoms with van der Waals surface area (Å²) in [7, 11) is 0. The number of amides is 1. The minimum absolute atomic E-state index is 0.158. The van der Waals surface area contributed by atoms with Crippen molar-refractivity contribution in [3.8, 4) is 0 Å². The minimum Gasteiger partial charge on any atom is -0.273 e. The average Bonchev–Trinajstić information content (AvgIpc) is 2.98. The molecule has 20 heavy (non-hydrogen) atoms. The van der Waals surface area contributed by atoms with Gasteiger partial charge < -0.3 is 0 Å². The third kappa shape index (κ3) is 1.84. The Labute approximate surface area is 117 Å². The standard InChI is InChI=1S/C15H18F2N2O/c1-2-15(9-16)10-18-7-6-13(19(18)14(15)20)11-4-3-5-12(17)8-11/h3-5,8,13H,2,6-7,9-10H2,1H3/t13-,15-/m1/s1. The smallest absolute Gasteiger partial charge is 0.247 e. The summed E-state index contributed by atoms with van der Waals surface area (Å²) in [4.78, 5) is 12.6. The van der Waals surface area contributed by atoms with Gasteiger partial charge in [-0.1, -0.05) is 19.1 Å². The number of rotatable bonds is 3. The van der Waals surface area contributed by atoms with Crippen molar-refractivity contribution in [1.29, 1.82) is 0 Å². The fourth-order valence-corrected chi connectivity index (χ4v) is 3.26. The molecule has 2 saturated heterocycles. The largest absolute Gasteiger partial charge is 0.273 e. The van der Waals surface area contributed by atoms with E-state index in [0.717, 1.165) is 12.0 Å². The molecule has 2 heterocycles. The van der Waals surface area contributed by atoms with Crippen molar-refractivity contribution in [2.75, 3.05) is 19.8 Å². The average molecular weight is 280 g/mol. The van der Waals surface area contributed by atoms with E-state index in [4.69, 9.17) is 0 Å². The number of carbonyl (C=O) groups is 1. The number of fused-ring (bicyclic) bond motifs is 1. The molecule has 0 unspecified atom stereocenters. The fraction of sp³-hybridized carbons (Fsp3) is 0.533. The van der Waals surface area contributed by atoms with E-state index in [1.54, 1.807) is 11.1 Å². The highest BCUT2D eigenvalue weighted by atomic mass is 19.1. The van der Waals surface area contributed by atoms with Gasteiger partial charge in [-0.3, -0.25) is 9.80 Å². The first-order chi connectivity index (χ1) is 9.61. The summed E-state index contributed by atoms with van der Waals surface area (Å²) < 4.78 is 26.7. The number of nitrogens with zero attached hydrogens (tertiary/aromatic N) is 2. The lowest BCUT2D eigenvalue weighted by molar-refractivity contribution is -0.143. The Morgan fingerprint density at radius 1 is 1.45 bits per heavy atom. The van der Waals surface area contributed by atoms with Crippen molar-refractivity contribution in [3.05, 3.63) is 35.6 Å². The highest BCUT2D eigenvalue weighted by Gasteiger charge is 2.54. The van der Waals surface area contributed by atoms with E-state index in [9.17, 15) is 13.6 Å². The van der Waals surface area contributed by atoms with Gasteiger partial charge in [-0.15, -0.1) is 0 Å². The Kier molecular flexibility index (Phi) is 3.24. The minimum atomic E-state index is -0.911. The molecule has 3 nitrogen and oxygen atoms in total. The normalized spacial score (nSPS) is 30.1. The second-order valence-electron chi connectivity index (χ2n) is 5.66. The molecule has 1 amide bonds. The summed E-state index contributed by atoms with van der Waals surface area (Å²) in [5.74, 6) is -0.464. The molecule has 2 aliphatic heterocycles. The topological polar surface area (TPSA) is 23.6 Å². The van der Waals surface area contributed by atoms with E-state index in [1.807, 2.05) is 18.0 Å². The third-order valence-corrected chi connectivity index (χ3v) is 4.57. The molecule has 108 valence electrons. The third-order valence-electron chi connectivity index (χ3n) is 4.57. The summed E-state index contributed by atoms with van der Waals surface area (Å²) in [6, 6.07) is 6.16. The fourth-order valence-electron chi connectivity index (χ4n) is 3.26. The number of carbonyl (C=O) groups excluding carboxylic acids is 1. The summed E-state index contributed by atoms with van der Waals surface area (Å²) >= 11 is 0. The highest BCUT2D eigenvalue weighted by Crippen LogP contribution is 2.44. The highest BCUT2D eigenvalue weighted by molar-refractivity contribution is 5.85. The van der Waals surface area contributed by atoms with Crippen LogP contribution in [0.25, 0.3) is 0 Å². The van der Waals surface area contributed by atoms with E-state index in [0.29, 0.717) is 19.5 Å². The molecule has 0 saturated carbocycles. The van der Waals surface area contributed by atoms with Gasteiger partial charge in [0.25, 0.3) is 0 Å². The van der Waals surface area contributed by atoms with Crippen LogP contribution in [-0.2, 0) is 4.79 Å². The van der Waals surface area contributed by atoms with Gasteiger partial charge in [0.15, 0.2) is 0 Å². The van der Waals surface area contributed by atoms with E-state index < -0.39 is 12.1 Å². The SMILES string of the molecule is CC[C@@]1(CF)CN2CC[C@H](c3cccc(F)c3)N2C1=O. The molecular weight excluding hydrogens is 262 g/mol. The number of halogens is 2. The molecule has 0 aromatic heterocycles. The molecule has 2 atom stereocenters. The molecule has 5 heteroatoms. The lowest BCUT2D eigenvalue weighted by Gasteiger charge is -2.26.